The maximum atomic E-state index is 11.7. The summed E-state index contributed by atoms with van der Waals surface area (Å²) in [5.41, 5.74) is 3.02. The number of benzene rings is 1. The molecule has 0 aliphatic rings. The number of sulfone groups is 1. The van der Waals surface area contributed by atoms with Crippen molar-refractivity contribution in [1.82, 2.24) is 10.3 Å². The number of nitrogens with one attached hydrogen (secondary N) is 1. The van der Waals surface area contributed by atoms with E-state index in [9.17, 15) is 8.42 Å². The summed E-state index contributed by atoms with van der Waals surface area (Å²) in [6.07, 6.45) is 3.11. The van der Waals surface area contributed by atoms with Gasteiger partial charge < -0.3 is 5.32 Å². The van der Waals surface area contributed by atoms with E-state index in [1.54, 1.807) is 11.3 Å². The number of hydrogen-bond acceptors (Lipinski definition) is 5. The van der Waals surface area contributed by atoms with Crippen molar-refractivity contribution in [2.24, 2.45) is 0 Å². The van der Waals surface area contributed by atoms with E-state index in [2.05, 4.69) is 16.4 Å². The second-order valence-corrected chi connectivity index (χ2v) is 8.72. The van der Waals surface area contributed by atoms with E-state index in [1.165, 1.54) is 6.26 Å². The minimum atomic E-state index is -3.08. The fourth-order valence-corrected chi connectivity index (χ4v) is 4.21. The third-order valence-electron chi connectivity index (χ3n) is 3.58. The minimum absolute atomic E-state index is 0.0751. The normalized spacial score (nSPS) is 13.3. The van der Waals surface area contributed by atoms with Gasteiger partial charge in [0.2, 0.25) is 0 Å². The number of rotatable bonds is 6. The molecule has 0 aliphatic carbocycles. The lowest BCUT2D eigenvalue weighted by Crippen LogP contribution is -2.27. The van der Waals surface area contributed by atoms with E-state index in [0.717, 1.165) is 21.3 Å². The molecule has 1 atom stereocenters. The second kappa shape index (κ2) is 6.78. The lowest BCUT2D eigenvalue weighted by molar-refractivity contribution is 0.550. The maximum absolute atomic E-state index is 11.7. The fraction of sp³-hybridized carbons (Fsp3) is 0.235. The molecule has 4 nitrogen and oxygen atoms in total. The zero-order valence-electron chi connectivity index (χ0n) is 12.8. The van der Waals surface area contributed by atoms with Crippen molar-refractivity contribution >= 4 is 31.4 Å². The molecule has 1 aromatic carbocycles. The molecule has 6 heteroatoms. The summed E-state index contributed by atoms with van der Waals surface area (Å²) in [6, 6.07) is 13.5. The minimum Gasteiger partial charge on any atom is -0.305 e. The molecular formula is C17H18N2O2S2. The van der Waals surface area contributed by atoms with Crippen LogP contribution in [0, 0.1) is 0 Å². The van der Waals surface area contributed by atoms with Crippen molar-refractivity contribution < 1.29 is 8.42 Å². The number of nitrogens with zero attached hydrogens (tertiary/aromatic N) is 1. The standard InChI is InChI=1S/C17H18N2O2S2/c1-23(20,21)12-16(14-5-3-2-4-6-14)19-11-13-9-17-15(18-10-13)7-8-22-17/h2-10,16,19H,11-12H2,1H3/t16-/m0/s1. The molecule has 0 spiro atoms. The van der Waals surface area contributed by atoms with Crippen molar-refractivity contribution in [3.8, 4) is 0 Å². The SMILES string of the molecule is CS(=O)(=O)C[C@H](NCc1cnc2ccsc2c1)c1ccccc1. The van der Waals surface area contributed by atoms with Crippen LogP contribution in [-0.2, 0) is 16.4 Å². The molecule has 2 heterocycles. The highest BCUT2D eigenvalue weighted by Crippen LogP contribution is 2.20. The molecule has 0 amide bonds. The van der Waals surface area contributed by atoms with Crippen molar-refractivity contribution in [3.05, 3.63) is 65.2 Å². The predicted molar refractivity (Wildman–Crippen MR) is 95.4 cm³/mol. The summed E-state index contributed by atoms with van der Waals surface area (Å²) in [6.45, 7) is 0.579. The lowest BCUT2D eigenvalue weighted by atomic mass is 10.1. The van der Waals surface area contributed by atoms with Crippen LogP contribution in [0.3, 0.4) is 0 Å². The molecule has 2 aromatic heterocycles. The first kappa shape index (κ1) is 16.1. The van der Waals surface area contributed by atoms with E-state index in [4.69, 9.17) is 0 Å². The van der Waals surface area contributed by atoms with Gasteiger partial charge in [0.1, 0.15) is 9.84 Å². The Morgan fingerprint density at radius 3 is 2.74 bits per heavy atom. The van der Waals surface area contributed by atoms with Gasteiger partial charge in [-0.15, -0.1) is 11.3 Å². The third kappa shape index (κ3) is 4.37. The number of aromatic nitrogens is 1. The second-order valence-electron chi connectivity index (χ2n) is 5.58. The van der Waals surface area contributed by atoms with Gasteiger partial charge in [-0.1, -0.05) is 30.3 Å². The maximum Gasteiger partial charge on any atom is 0.149 e. The molecule has 0 saturated carbocycles. The third-order valence-corrected chi connectivity index (χ3v) is 5.38. The molecule has 0 aliphatic heterocycles. The van der Waals surface area contributed by atoms with Crippen LogP contribution in [-0.4, -0.2) is 25.4 Å². The van der Waals surface area contributed by atoms with E-state index in [0.29, 0.717) is 6.54 Å². The molecular weight excluding hydrogens is 328 g/mol. The lowest BCUT2D eigenvalue weighted by Gasteiger charge is -2.18. The Morgan fingerprint density at radius 2 is 2.00 bits per heavy atom. The van der Waals surface area contributed by atoms with E-state index in [1.807, 2.05) is 48.0 Å². The number of hydrogen-bond donors (Lipinski definition) is 1. The zero-order valence-corrected chi connectivity index (χ0v) is 14.4. The predicted octanol–water partition coefficient (Wildman–Crippen LogP) is 3.17. The van der Waals surface area contributed by atoms with Gasteiger partial charge in [-0.3, -0.25) is 4.98 Å². The highest BCUT2D eigenvalue weighted by molar-refractivity contribution is 7.90. The summed E-state index contributed by atoms with van der Waals surface area (Å²) < 4.78 is 24.6. The van der Waals surface area contributed by atoms with E-state index < -0.39 is 9.84 Å². The number of fused-ring (bicyclic) bond motifs is 1. The van der Waals surface area contributed by atoms with Gasteiger partial charge in [-0.2, -0.15) is 0 Å². The van der Waals surface area contributed by atoms with Crippen molar-refractivity contribution in [2.45, 2.75) is 12.6 Å². The molecule has 0 radical (unpaired) electrons. The Hall–Kier alpha value is -1.76. The highest BCUT2D eigenvalue weighted by Gasteiger charge is 2.17. The summed E-state index contributed by atoms with van der Waals surface area (Å²) in [5.74, 6) is 0.0751. The first-order chi connectivity index (χ1) is 11.0. The monoisotopic (exact) mass is 346 g/mol. The summed E-state index contributed by atoms with van der Waals surface area (Å²) >= 11 is 1.66. The molecule has 1 N–H and O–H groups in total. The zero-order chi connectivity index (χ0) is 16.3. The molecule has 23 heavy (non-hydrogen) atoms. The van der Waals surface area contributed by atoms with E-state index in [-0.39, 0.29) is 11.8 Å². The van der Waals surface area contributed by atoms with Crippen LogP contribution in [0.4, 0.5) is 0 Å². The number of thiophene rings is 1. The molecule has 0 bridgehead atoms. The molecule has 3 aromatic rings. The number of pyridine rings is 1. The van der Waals surface area contributed by atoms with Gasteiger partial charge >= 0.3 is 0 Å². The Labute approximate surface area is 140 Å². The smallest absolute Gasteiger partial charge is 0.149 e. The van der Waals surface area contributed by atoms with E-state index >= 15 is 0 Å². The van der Waals surface area contributed by atoms with Crippen molar-refractivity contribution in [3.63, 3.8) is 0 Å². The largest absolute Gasteiger partial charge is 0.305 e. The van der Waals surface area contributed by atoms with Crippen LogP contribution < -0.4 is 5.32 Å². The molecule has 0 saturated heterocycles. The topological polar surface area (TPSA) is 59.1 Å². The molecule has 0 fully saturated rings. The Kier molecular flexibility index (Phi) is 4.75. The summed E-state index contributed by atoms with van der Waals surface area (Å²) in [4.78, 5) is 4.42. The van der Waals surface area contributed by atoms with Gasteiger partial charge in [0.15, 0.2) is 0 Å². The quantitative estimate of drug-likeness (QED) is 0.745. The highest BCUT2D eigenvalue weighted by atomic mass is 32.2. The van der Waals surface area contributed by atoms with Crippen LogP contribution in [0.25, 0.3) is 10.2 Å². The molecule has 3 rings (SSSR count). The van der Waals surface area contributed by atoms with Gasteiger partial charge in [0.05, 0.1) is 16.0 Å². The van der Waals surface area contributed by atoms with Crippen LogP contribution in [0.15, 0.2) is 54.0 Å². The Balaban J connectivity index is 1.77. The van der Waals surface area contributed by atoms with Crippen LogP contribution >= 0.6 is 11.3 Å². The van der Waals surface area contributed by atoms with Gasteiger partial charge in [-0.05, 0) is 28.6 Å². The Bertz CT molecular complexity index is 889. The van der Waals surface area contributed by atoms with Crippen LogP contribution in [0.2, 0.25) is 0 Å². The average molecular weight is 346 g/mol. The van der Waals surface area contributed by atoms with Gasteiger partial charge in [0.25, 0.3) is 0 Å². The average Bonchev–Trinajstić information content (AvgIpc) is 2.99. The van der Waals surface area contributed by atoms with Gasteiger partial charge in [0, 0.05) is 25.0 Å². The first-order valence-corrected chi connectivity index (χ1v) is 10.2. The summed E-state index contributed by atoms with van der Waals surface area (Å²) in [5, 5.41) is 5.37. The molecule has 120 valence electrons. The summed E-state index contributed by atoms with van der Waals surface area (Å²) in [7, 11) is -3.08. The first-order valence-electron chi connectivity index (χ1n) is 7.29. The van der Waals surface area contributed by atoms with Crippen molar-refractivity contribution in [2.75, 3.05) is 12.0 Å². The fourth-order valence-electron chi connectivity index (χ4n) is 2.49. The van der Waals surface area contributed by atoms with Crippen molar-refractivity contribution in [1.29, 1.82) is 0 Å². The molecule has 0 unspecified atom stereocenters. The van der Waals surface area contributed by atoms with Crippen LogP contribution in [0.5, 0.6) is 0 Å². The van der Waals surface area contributed by atoms with Gasteiger partial charge in [-0.25, -0.2) is 8.42 Å². The Morgan fingerprint density at radius 1 is 1.22 bits per heavy atom. The van der Waals surface area contributed by atoms with Crippen LogP contribution in [0.1, 0.15) is 17.2 Å².